The molecule has 0 bridgehead atoms. The second-order valence-corrected chi connectivity index (χ2v) is 8.07. The molecule has 4 aromatic rings. The summed E-state index contributed by atoms with van der Waals surface area (Å²) < 4.78 is 3.93. The van der Waals surface area contributed by atoms with Crippen LogP contribution in [0.4, 0.5) is 5.69 Å². The summed E-state index contributed by atoms with van der Waals surface area (Å²) in [5.74, 6) is 1.07. The molecule has 31 heavy (non-hydrogen) atoms. The minimum absolute atomic E-state index is 0.235. The maximum atomic E-state index is 12.9. The number of imidazole rings is 1. The van der Waals surface area contributed by atoms with E-state index in [9.17, 15) is 4.79 Å². The summed E-state index contributed by atoms with van der Waals surface area (Å²) in [5.41, 5.74) is 3.87. The van der Waals surface area contributed by atoms with Gasteiger partial charge in [0.25, 0.3) is 5.91 Å². The average Bonchev–Trinajstić information content (AvgIpc) is 3.30. The number of hydrogen-bond donors (Lipinski definition) is 1. The number of aromatic nitrogens is 6. The van der Waals surface area contributed by atoms with Crippen LogP contribution < -0.4 is 5.32 Å². The largest absolute Gasteiger partial charge is 0.321 e. The van der Waals surface area contributed by atoms with Gasteiger partial charge in [-0.15, -0.1) is 10.2 Å². The van der Waals surface area contributed by atoms with Gasteiger partial charge in [-0.05, 0) is 51.0 Å². The first-order chi connectivity index (χ1) is 15.1. The van der Waals surface area contributed by atoms with Gasteiger partial charge in [0.2, 0.25) is 0 Å². The summed E-state index contributed by atoms with van der Waals surface area (Å²) >= 11 is 0. The fraction of sp³-hybridized carbons (Fsp3) is 0.261. The van der Waals surface area contributed by atoms with Gasteiger partial charge >= 0.3 is 0 Å². The zero-order valence-electron chi connectivity index (χ0n) is 17.4. The topological polar surface area (TPSA) is 90.5 Å². The molecule has 8 nitrogen and oxygen atoms in total. The van der Waals surface area contributed by atoms with Crippen molar-refractivity contribution >= 4 is 11.6 Å². The number of amides is 1. The predicted octanol–water partition coefficient (Wildman–Crippen LogP) is 4.24. The van der Waals surface area contributed by atoms with Crippen molar-refractivity contribution in [1.29, 1.82) is 0 Å². The molecule has 1 aromatic carbocycles. The van der Waals surface area contributed by atoms with E-state index in [1.165, 1.54) is 12.8 Å². The molecule has 1 saturated carbocycles. The molecular weight excluding hydrogens is 390 g/mol. The van der Waals surface area contributed by atoms with E-state index in [1.807, 2.05) is 45.7 Å². The van der Waals surface area contributed by atoms with E-state index < -0.39 is 0 Å². The van der Waals surface area contributed by atoms with E-state index in [-0.39, 0.29) is 11.9 Å². The summed E-state index contributed by atoms with van der Waals surface area (Å²) in [6.45, 7) is 4.15. The number of nitrogens with one attached hydrogen (secondary N) is 1. The van der Waals surface area contributed by atoms with Crippen molar-refractivity contribution in [1.82, 2.24) is 29.3 Å². The number of nitrogens with zero attached hydrogens (tertiary/aromatic N) is 6. The van der Waals surface area contributed by atoms with Crippen molar-refractivity contribution in [2.75, 3.05) is 5.32 Å². The Hall–Kier alpha value is -3.81. The number of hydrogen-bond acceptors (Lipinski definition) is 5. The Balaban J connectivity index is 1.36. The predicted molar refractivity (Wildman–Crippen MR) is 117 cm³/mol. The van der Waals surface area contributed by atoms with Crippen LogP contribution in [-0.4, -0.2) is 35.2 Å². The number of carbonyl (C=O) groups is 1. The zero-order valence-corrected chi connectivity index (χ0v) is 17.4. The van der Waals surface area contributed by atoms with Crippen LogP contribution in [0.15, 0.2) is 61.4 Å². The van der Waals surface area contributed by atoms with Crippen molar-refractivity contribution in [2.45, 2.75) is 38.6 Å². The van der Waals surface area contributed by atoms with Crippen molar-refractivity contribution in [3.8, 4) is 17.1 Å². The Morgan fingerprint density at radius 2 is 2.00 bits per heavy atom. The molecule has 5 rings (SSSR count). The average molecular weight is 413 g/mol. The second kappa shape index (κ2) is 7.79. The highest BCUT2D eigenvalue weighted by molar-refractivity contribution is 6.03. The standard InChI is InChI=1S/C23H23N7O/c1-15(2)30-14-26-28-22(30)17-4-3-5-18(10-17)27-23(31)20-11-19(8-9-24-20)29-12-21(25-13-29)16-6-7-16/h3-5,8-16H,6-7H2,1-2H3,(H,27,31). The van der Waals surface area contributed by atoms with Gasteiger partial charge in [-0.2, -0.15) is 0 Å². The summed E-state index contributed by atoms with van der Waals surface area (Å²) in [4.78, 5) is 21.6. The molecule has 1 aliphatic carbocycles. The van der Waals surface area contributed by atoms with E-state index in [0.717, 1.165) is 22.8 Å². The fourth-order valence-corrected chi connectivity index (χ4v) is 3.53. The highest BCUT2D eigenvalue weighted by Gasteiger charge is 2.25. The summed E-state index contributed by atoms with van der Waals surface area (Å²) in [6.07, 6.45) is 9.58. The molecular formula is C23H23N7O. The molecule has 0 atom stereocenters. The van der Waals surface area contributed by atoms with Gasteiger partial charge < -0.3 is 14.5 Å². The third kappa shape index (κ3) is 3.96. The van der Waals surface area contributed by atoms with Crippen molar-refractivity contribution in [2.24, 2.45) is 0 Å². The lowest BCUT2D eigenvalue weighted by atomic mass is 10.1. The van der Waals surface area contributed by atoms with Gasteiger partial charge in [0, 0.05) is 35.6 Å². The number of benzene rings is 1. The maximum absolute atomic E-state index is 12.9. The number of rotatable bonds is 6. The summed E-state index contributed by atoms with van der Waals surface area (Å²) in [5, 5.41) is 11.2. The fourth-order valence-electron chi connectivity index (χ4n) is 3.53. The van der Waals surface area contributed by atoms with Crippen molar-refractivity contribution < 1.29 is 4.79 Å². The maximum Gasteiger partial charge on any atom is 0.274 e. The molecule has 0 saturated heterocycles. The van der Waals surface area contributed by atoms with Crippen LogP contribution in [0.3, 0.4) is 0 Å². The van der Waals surface area contributed by atoms with Gasteiger partial charge in [0.15, 0.2) is 5.82 Å². The first-order valence-electron chi connectivity index (χ1n) is 10.4. The Labute approximate surface area is 180 Å². The highest BCUT2D eigenvalue weighted by atomic mass is 16.1. The Morgan fingerprint density at radius 1 is 1.13 bits per heavy atom. The zero-order chi connectivity index (χ0) is 21.4. The first-order valence-corrected chi connectivity index (χ1v) is 10.4. The number of anilines is 1. The monoisotopic (exact) mass is 413 g/mol. The van der Waals surface area contributed by atoms with E-state index in [0.29, 0.717) is 17.3 Å². The molecule has 0 radical (unpaired) electrons. The molecule has 0 spiro atoms. The molecule has 156 valence electrons. The minimum atomic E-state index is -0.271. The molecule has 1 aliphatic rings. The third-order valence-corrected chi connectivity index (χ3v) is 5.38. The van der Waals surface area contributed by atoms with Gasteiger partial charge in [0.1, 0.15) is 12.0 Å². The van der Waals surface area contributed by atoms with E-state index >= 15 is 0 Å². The number of carbonyl (C=O) groups excluding carboxylic acids is 1. The Bertz CT molecular complexity index is 1240. The Kier molecular flexibility index (Phi) is 4.82. The molecule has 1 N–H and O–H groups in total. The lowest BCUT2D eigenvalue weighted by Crippen LogP contribution is -2.14. The Morgan fingerprint density at radius 3 is 2.81 bits per heavy atom. The lowest BCUT2D eigenvalue weighted by Gasteiger charge is -2.11. The quantitative estimate of drug-likeness (QED) is 0.511. The highest BCUT2D eigenvalue weighted by Crippen LogP contribution is 2.39. The van der Waals surface area contributed by atoms with E-state index in [2.05, 4.69) is 39.3 Å². The van der Waals surface area contributed by atoms with Crippen LogP contribution in [0.1, 0.15) is 54.8 Å². The van der Waals surface area contributed by atoms with Gasteiger partial charge in [-0.3, -0.25) is 9.78 Å². The molecule has 3 aromatic heterocycles. The van der Waals surface area contributed by atoms with Crippen LogP contribution in [0.25, 0.3) is 17.1 Å². The van der Waals surface area contributed by atoms with Crippen LogP contribution in [0.5, 0.6) is 0 Å². The molecule has 8 heteroatoms. The molecule has 3 heterocycles. The van der Waals surface area contributed by atoms with Gasteiger partial charge in [-0.1, -0.05) is 12.1 Å². The van der Waals surface area contributed by atoms with Gasteiger partial charge in [0.05, 0.1) is 17.7 Å². The van der Waals surface area contributed by atoms with Crippen LogP contribution in [0, 0.1) is 0 Å². The lowest BCUT2D eigenvalue weighted by molar-refractivity contribution is 0.102. The molecule has 1 amide bonds. The smallest absolute Gasteiger partial charge is 0.274 e. The first kappa shape index (κ1) is 19.2. The number of pyridine rings is 1. The SMILES string of the molecule is CC(C)n1cnnc1-c1cccc(NC(=O)c2cc(-n3cnc(C4CC4)c3)ccn2)c1. The summed E-state index contributed by atoms with van der Waals surface area (Å²) in [7, 11) is 0. The molecule has 0 aliphatic heterocycles. The minimum Gasteiger partial charge on any atom is -0.321 e. The van der Waals surface area contributed by atoms with E-state index in [1.54, 1.807) is 24.9 Å². The van der Waals surface area contributed by atoms with Gasteiger partial charge in [-0.25, -0.2) is 4.98 Å². The van der Waals surface area contributed by atoms with Crippen molar-refractivity contribution in [3.05, 3.63) is 72.8 Å². The normalized spacial score (nSPS) is 13.5. The van der Waals surface area contributed by atoms with Crippen LogP contribution in [0.2, 0.25) is 0 Å². The second-order valence-electron chi connectivity index (χ2n) is 8.07. The molecule has 0 unspecified atom stereocenters. The van der Waals surface area contributed by atoms with E-state index in [4.69, 9.17) is 0 Å². The molecule has 1 fully saturated rings. The third-order valence-electron chi connectivity index (χ3n) is 5.38. The summed E-state index contributed by atoms with van der Waals surface area (Å²) in [6, 6.07) is 11.5. The van der Waals surface area contributed by atoms with Crippen LogP contribution >= 0.6 is 0 Å². The van der Waals surface area contributed by atoms with Crippen molar-refractivity contribution in [3.63, 3.8) is 0 Å². The van der Waals surface area contributed by atoms with Crippen LogP contribution in [-0.2, 0) is 0 Å².